The van der Waals surface area contributed by atoms with Gasteiger partial charge >= 0.3 is 5.97 Å². The Kier molecular flexibility index (Phi) is 4.57. The van der Waals surface area contributed by atoms with Crippen LogP contribution < -0.4 is 5.73 Å². The van der Waals surface area contributed by atoms with Gasteiger partial charge < -0.3 is 15.6 Å². The number of rotatable bonds is 5. The van der Waals surface area contributed by atoms with E-state index in [-0.39, 0.29) is 5.69 Å². The molecule has 0 atom stereocenters. The average molecular weight is 245 g/mol. The van der Waals surface area contributed by atoms with Crippen LogP contribution in [0.4, 0.5) is 10.1 Å². The third kappa shape index (κ3) is 3.11. The van der Waals surface area contributed by atoms with Crippen LogP contribution in [-0.2, 0) is 4.74 Å². The van der Waals surface area contributed by atoms with Gasteiger partial charge in [0, 0.05) is 23.4 Å². The van der Waals surface area contributed by atoms with Crippen molar-refractivity contribution in [1.29, 1.82) is 0 Å². The summed E-state index contributed by atoms with van der Waals surface area (Å²) >= 11 is 1.32. The number of aromatic carboxylic acids is 1. The van der Waals surface area contributed by atoms with Crippen LogP contribution >= 0.6 is 11.8 Å². The van der Waals surface area contributed by atoms with Crippen LogP contribution in [0.1, 0.15) is 10.4 Å². The SMILES string of the molecule is COCCSc1cc(F)c(C(=O)O)cc1N. The molecule has 1 aromatic rings. The van der Waals surface area contributed by atoms with E-state index >= 15 is 0 Å². The molecule has 6 heteroatoms. The number of nitrogens with two attached hydrogens (primary N) is 1. The van der Waals surface area contributed by atoms with E-state index in [1.807, 2.05) is 0 Å². The van der Waals surface area contributed by atoms with Gasteiger partial charge in [0.2, 0.25) is 0 Å². The lowest BCUT2D eigenvalue weighted by molar-refractivity contribution is 0.0692. The zero-order valence-electron chi connectivity index (χ0n) is 8.70. The van der Waals surface area contributed by atoms with Crippen molar-refractivity contribution in [2.24, 2.45) is 0 Å². The molecule has 0 saturated heterocycles. The number of anilines is 1. The smallest absolute Gasteiger partial charge is 0.338 e. The fraction of sp³-hybridized carbons (Fsp3) is 0.300. The number of carboxylic acid groups (broad SMARTS) is 1. The molecule has 88 valence electrons. The zero-order chi connectivity index (χ0) is 12.1. The molecular weight excluding hydrogens is 233 g/mol. The predicted molar refractivity (Wildman–Crippen MR) is 60.4 cm³/mol. The van der Waals surface area contributed by atoms with Crippen molar-refractivity contribution in [2.45, 2.75) is 4.90 Å². The summed E-state index contributed by atoms with van der Waals surface area (Å²) in [5.74, 6) is -1.47. The van der Waals surface area contributed by atoms with Gasteiger partial charge in [0.1, 0.15) is 5.82 Å². The van der Waals surface area contributed by atoms with E-state index in [0.29, 0.717) is 17.3 Å². The Hall–Kier alpha value is -1.27. The predicted octanol–water partition coefficient (Wildman–Crippen LogP) is 1.84. The van der Waals surface area contributed by atoms with Crippen LogP contribution in [0.15, 0.2) is 17.0 Å². The van der Waals surface area contributed by atoms with E-state index in [1.54, 1.807) is 7.11 Å². The number of nitrogen functional groups attached to an aromatic ring is 1. The summed E-state index contributed by atoms with van der Waals surface area (Å²) in [5, 5.41) is 8.67. The molecule has 0 unspecified atom stereocenters. The van der Waals surface area contributed by atoms with Crippen molar-refractivity contribution in [2.75, 3.05) is 25.2 Å². The van der Waals surface area contributed by atoms with E-state index in [1.165, 1.54) is 11.8 Å². The minimum Gasteiger partial charge on any atom is -0.478 e. The highest BCUT2D eigenvalue weighted by Gasteiger charge is 2.13. The van der Waals surface area contributed by atoms with Crippen LogP contribution in [0.25, 0.3) is 0 Å². The quantitative estimate of drug-likeness (QED) is 0.470. The van der Waals surface area contributed by atoms with Gasteiger partial charge in [-0.15, -0.1) is 11.8 Å². The fourth-order valence-corrected chi connectivity index (χ4v) is 1.98. The van der Waals surface area contributed by atoms with Crippen LogP contribution in [0, 0.1) is 5.82 Å². The molecule has 16 heavy (non-hydrogen) atoms. The monoisotopic (exact) mass is 245 g/mol. The lowest BCUT2D eigenvalue weighted by Crippen LogP contribution is -2.03. The van der Waals surface area contributed by atoms with Crippen molar-refractivity contribution in [3.8, 4) is 0 Å². The highest BCUT2D eigenvalue weighted by Crippen LogP contribution is 2.27. The topological polar surface area (TPSA) is 72.5 Å². The van der Waals surface area contributed by atoms with Crippen LogP contribution in [-0.4, -0.2) is 30.5 Å². The molecule has 0 radical (unpaired) electrons. The van der Waals surface area contributed by atoms with E-state index in [4.69, 9.17) is 15.6 Å². The molecule has 1 rings (SSSR count). The number of carbonyl (C=O) groups is 1. The number of methoxy groups -OCH3 is 1. The minimum absolute atomic E-state index is 0.264. The molecule has 0 aliphatic rings. The van der Waals surface area contributed by atoms with E-state index in [0.717, 1.165) is 12.1 Å². The van der Waals surface area contributed by atoms with Crippen molar-refractivity contribution in [1.82, 2.24) is 0 Å². The molecule has 4 nitrogen and oxygen atoms in total. The molecule has 0 aromatic heterocycles. The third-order valence-corrected chi connectivity index (χ3v) is 2.91. The molecule has 0 fully saturated rings. The normalized spacial score (nSPS) is 10.4. The zero-order valence-corrected chi connectivity index (χ0v) is 9.51. The Bertz CT molecular complexity index is 398. The van der Waals surface area contributed by atoms with Crippen molar-refractivity contribution >= 4 is 23.4 Å². The van der Waals surface area contributed by atoms with Gasteiger partial charge in [-0.2, -0.15) is 0 Å². The number of halogens is 1. The standard InChI is InChI=1S/C10H12FNO3S/c1-15-2-3-16-9-5-7(11)6(10(13)14)4-8(9)12/h4-5H,2-3,12H2,1H3,(H,13,14). The second-order valence-corrected chi connectivity index (χ2v) is 4.15. The molecule has 0 saturated carbocycles. The number of hydrogen-bond donors (Lipinski definition) is 2. The van der Waals surface area contributed by atoms with Gasteiger partial charge in [-0.05, 0) is 12.1 Å². The lowest BCUT2D eigenvalue weighted by Gasteiger charge is -2.07. The summed E-state index contributed by atoms with van der Waals surface area (Å²) in [4.78, 5) is 11.2. The summed E-state index contributed by atoms with van der Waals surface area (Å²) < 4.78 is 18.2. The first-order valence-electron chi connectivity index (χ1n) is 4.50. The summed E-state index contributed by atoms with van der Waals surface area (Å²) in [6.07, 6.45) is 0. The third-order valence-electron chi connectivity index (χ3n) is 1.87. The van der Waals surface area contributed by atoms with Crippen LogP contribution in [0.2, 0.25) is 0 Å². The number of ether oxygens (including phenoxy) is 1. The second-order valence-electron chi connectivity index (χ2n) is 3.02. The summed E-state index contributed by atoms with van der Waals surface area (Å²) in [5.41, 5.74) is 5.47. The van der Waals surface area contributed by atoms with Gasteiger partial charge in [0.25, 0.3) is 0 Å². The largest absolute Gasteiger partial charge is 0.478 e. The van der Waals surface area contributed by atoms with E-state index in [2.05, 4.69) is 0 Å². The first kappa shape index (κ1) is 12.8. The number of benzene rings is 1. The number of hydrogen-bond acceptors (Lipinski definition) is 4. The molecule has 0 heterocycles. The Balaban J connectivity index is 2.88. The summed E-state index contributed by atoms with van der Waals surface area (Å²) in [6, 6.07) is 2.27. The molecule has 0 amide bonds. The van der Waals surface area contributed by atoms with Crippen molar-refractivity contribution < 1.29 is 19.0 Å². The molecule has 0 aliphatic carbocycles. The molecular formula is C10H12FNO3S. The fourth-order valence-electron chi connectivity index (χ4n) is 1.10. The van der Waals surface area contributed by atoms with Crippen LogP contribution in [0.3, 0.4) is 0 Å². The average Bonchev–Trinajstić information content (AvgIpc) is 2.22. The maximum atomic E-state index is 13.3. The second kappa shape index (κ2) is 5.72. The molecule has 1 aromatic carbocycles. The van der Waals surface area contributed by atoms with E-state index < -0.39 is 17.3 Å². The van der Waals surface area contributed by atoms with Crippen LogP contribution in [0.5, 0.6) is 0 Å². The summed E-state index contributed by atoms with van der Waals surface area (Å²) in [7, 11) is 1.57. The Labute approximate surface area is 96.6 Å². The highest BCUT2D eigenvalue weighted by molar-refractivity contribution is 7.99. The van der Waals surface area contributed by atoms with Crippen molar-refractivity contribution in [3.05, 3.63) is 23.5 Å². The maximum absolute atomic E-state index is 13.3. The Morgan fingerprint density at radius 1 is 1.62 bits per heavy atom. The maximum Gasteiger partial charge on any atom is 0.338 e. The first-order valence-corrected chi connectivity index (χ1v) is 5.49. The van der Waals surface area contributed by atoms with Gasteiger partial charge in [0.15, 0.2) is 0 Å². The van der Waals surface area contributed by atoms with Gasteiger partial charge in [0.05, 0.1) is 12.2 Å². The Morgan fingerprint density at radius 2 is 2.31 bits per heavy atom. The van der Waals surface area contributed by atoms with Gasteiger partial charge in [-0.25, -0.2) is 9.18 Å². The minimum atomic E-state index is -1.32. The lowest BCUT2D eigenvalue weighted by atomic mass is 10.2. The molecule has 3 N–H and O–H groups in total. The molecule has 0 spiro atoms. The highest BCUT2D eigenvalue weighted by atomic mass is 32.2. The Morgan fingerprint density at radius 3 is 2.88 bits per heavy atom. The number of thioether (sulfide) groups is 1. The van der Waals surface area contributed by atoms with Gasteiger partial charge in [-0.1, -0.05) is 0 Å². The molecule has 0 aliphatic heterocycles. The van der Waals surface area contributed by atoms with E-state index in [9.17, 15) is 9.18 Å². The summed E-state index contributed by atoms with van der Waals surface area (Å²) in [6.45, 7) is 0.520. The first-order chi connectivity index (χ1) is 7.56. The molecule has 0 bridgehead atoms. The van der Waals surface area contributed by atoms with Crippen molar-refractivity contribution in [3.63, 3.8) is 0 Å². The number of carboxylic acids is 1. The van der Waals surface area contributed by atoms with Gasteiger partial charge in [-0.3, -0.25) is 0 Å².